The van der Waals surface area contributed by atoms with Crippen molar-refractivity contribution in [1.29, 1.82) is 0 Å². The monoisotopic (exact) mass is 468 g/mol. The molecule has 3 aromatic rings. The fourth-order valence-corrected chi connectivity index (χ4v) is 4.66. The van der Waals surface area contributed by atoms with Gasteiger partial charge < -0.3 is 16.0 Å². The number of hydrogen-bond acceptors (Lipinski definition) is 5. The summed E-state index contributed by atoms with van der Waals surface area (Å²) in [7, 11) is 0. The number of rotatable bonds is 6. The van der Waals surface area contributed by atoms with Crippen LogP contribution in [0.25, 0.3) is 16.6 Å². The Hall–Kier alpha value is -3.13. The number of halogens is 1. The van der Waals surface area contributed by atoms with Gasteiger partial charge in [-0.3, -0.25) is 14.6 Å². The van der Waals surface area contributed by atoms with Gasteiger partial charge in [-0.25, -0.2) is 4.52 Å². The molecule has 0 spiro atoms. The van der Waals surface area contributed by atoms with Gasteiger partial charge in [0.2, 0.25) is 5.91 Å². The van der Waals surface area contributed by atoms with Crippen LogP contribution in [0.5, 0.6) is 0 Å². The van der Waals surface area contributed by atoms with Crippen molar-refractivity contribution in [3.8, 4) is 11.1 Å². The SMILES string of the molecule is CC(=O)N[C@H]1CC[C@H](NC(=O)c2cnn3c(Cl)c(-c4ccncc4)cc3c2NC(C)C)CC1. The van der Waals surface area contributed by atoms with Crippen LogP contribution < -0.4 is 16.0 Å². The molecule has 1 saturated carbocycles. The molecule has 0 saturated heterocycles. The number of amides is 2. The molecule has 33 heavy (non-hydrogen) atoms. The molecule has 9 heteroatoms. The van der Waals surface area contributed by atoms with Gasteiger partial charge >= 0.3 is 0 Å². The molecule has 1 aliphatic rings. The van der Waals surface area contributed by atoms with Gasteiger partial charge in [0, 0.05) is 43.0 Å². The number of hydrogen-bond donors (Lipinski definition) is 3. The summed E-state index contributed by atoms with van der Waals surface area (Å²) in [4.78, 5) is 28.6. The molecule has 0 radical (unpaired) electrons. The van der Waals surface area contributed by atoms with Crippen molar-refractivity contribution in [3.05, 3.63) is 47.5 Å². The van der Waals surface area contributed by atoms with E-state index < -0.39 is 0 Å². The molecule has 0 aliphatic heterocycles. The first kappa shape index (κ1) is 23.0. The number of anilines is 1. The van der Waals surface area contributed by atoms with E-state index in [1.165, 1.54) is 6.92 Å². The highest BCUT2D eigenvalue weighted by Gasteiger charge is 2.26. The maximum absolute atomic E-state index is 13.3. The molecule has 174 valence electrons. The van der Waals surface area contributed by atoms with Gasteiger partial charge in [-0.1, -0.05) is 11.6 Å². The molecule has 3 N–H and O–H groups in total. The normalized spacial score (nSPS) is 18.3. The van der Waals surface area contributed by atoms with Gasteiger partial charge in [-0.2, -0.15) is 5.10 Å². The molecule has 2 amide bonds. The molecule has 3 aromatic heterocycles. The Bertz CT molecular complexity index is 1150. The zero-order valence-corrected chi connectivity index (χ0v) is 19.8. The van der Waals surface area contributed by atoms with E-state index in [9.17, 15) is 9.59 Å². The molecule has 0 aromatic carbocycles. The summed E-state index contributed by atoms with van der Waals surface area (Å²) in [5.41, 5.74) is 3.68. The number of carbonyl (C=O) groups excluding carboxylic acids is 2. The van der Waals surface area contributed by atoms with Gasteiger partial charge in [0.05, 0.1) is 23.0 Å². The molecular weight excluding hydrogens is 440 g/mol. The fourth-order valence-electron chi connectivity index (χ4n) is 4.37. The van der Waals surface area contributed by atoms with Crippen LogP contribution in [-0.2, 0) is 4.79 Å². The Morgan fingerprint density at radius 1 is 1.09 bits per heavy atom. The number of nitrogens with zero attached hydrogens (tertiary/aromatic N) is 3. The summed E-state index contributed by atoms with van der Waals surface area (Å²) in [6.45, 7) is 5.58. The third kappa shape index (κ3) is 5.11. The van der Waals surface area contributed by atoms with Crippen LogP contribution in [0.15, 0.2) is 36.8 Å². The Labute approximate surface area is 198 Å². The van der Waals surface area contributed by atoms with Crippen LogP contribution in [0.2, 0.25) is 5.15 Å². The van der Waals surface area contributed by atoms with E-state index in [0.29, 0.717) is 16.4 Å². The molecule has 1 aliphatic carbocycles. The van der Waals surface area contributed by atoms with Crippen LogP contribution in [0.1, 0.15) is 56.8 Å². The van der Waals surface area contributed by atoms with Crippen molar-refractivity contribution >= 4 is 34.6 Å². The van der Waals surface area contributed by atoms with Gasteiger partial charge in [-0.15, -0.1) is 0 Å². The number of nitrogens with one attached hydrogen (secondary N) is 3. The topological polar surface area (TPSA) is 100 Å². The first-order valence-corrected chi connectivity index (χ1v) is 11.7. The minimum Gasteiger partial charge on any atom is -0.380 e. The lowest BCUT2D eigenvalue weighted by Gasteiger charge is -2.29. The lowest BCUT2D eigenvalue weighted by molar-refractivity contribution is -0.119. The summed E-state index contributed by atoms with van der Waals surface area (Å²) in [6, 6.07) is 6.08. The molecule has 3 heterocycles. The van der Waals surface area contributed by atoms with E-state index in [2.05, 4.69) is 26.0 Å². The molecule has 0 unspecified atom stereocenters. The van der Waals surface area contributed by atoms with Crippen LogP contribution in [0.3, 0.4) is 0 Å². The molecular formula is C24H29ClN6O2. The van der Waals surface area contributed by atoms with E-state index in [0.717, 1.165) is 42.3 Å². The minimum absolute atomic E-state index is 0.0109. The highest BCUT2D eigenvalue weighted by atomic mass is 35.5. The van der Waals surface area contributed by atoms with Crippen molar-refractivity contribution in [2.45, 2.75) is 64.6 Å². The highest BCUT2D eigenvalue weighted by Crippen LogP contribution is 2.35. The van der Waals surface area contributed by atoms with E-state index in [4.69, 9.17) is 11.6 Å². The first-order valence-electron chi connectivity index (χ1n) is 11.3. The average Bonchev–Trinajstić information content (AvgIpc) is 3.12. The zero-order chi connectivity index (χ0) is 23.5. The van der Waals surface area contributed by atoms with Gasteiger partial charge in [0.15, 0.2) is 0 Å². The Kier molecular flexibility index (Phi) is 6.83. The number of fused-ring (bicyclic) bond motifs is 1. The van der Waals surface area contributed by atoms with E-state index >= 15 is 0 Å². The number of carbonyl (C=O) groups is 2. The zero-order valence-electron chi connectivity index (χ0n) is 19.1. The second-order valence-corrected chi connectivity index (χ2v) is 9.19. The lowest BCUT2D eigenvalue weighted by Crippen LogP contribution is -2.43. The van der Waals surface area contributed by atoms with E-state index in [1.807, 2.05) is 32.0 Å². The average molecular weight is 469 g/mol. The maximum atomic E-state index is 13.3. The van der Waals surface area contributed by atoms with Gasteiger partial charge in [0.25, 0.3) is 5.91 Å². The molecule has 8 nitrogen and oxygen atoms in total. The first-order chi connectivity index (χ1) is 15.8. The molecule has 1 fully saturated rings. The summed E-state index contributed by atoms with van der Waals surface area (Å²) in [5.74, 6) is -0.179. The van der Waals surface area contributed by atoms with E-state index in [-0.39, 0.29) is 29.9 Å². The summed E-state index contributed by atoms with van der Waals surface area (Å²) in [5, 5.41) is 14.5. The maximum Gasteiger partial charge on any atom is 0.255 e. The second kappa shape index (κ2) is 9.79. The quantitative estimate of drug-likeness (QED) is 0.506. The number of aromatic nitrogens is 3. The second-order valence-electron chi connectivity index (χ2n) is 8.84. The van der Waals surface area contributed by atoms with Crippen LogP contribution in [0, 0.1) is 0 Å². The third-order valence-corrected chi connectivity index (χ3v) is 6.25. The molecule has 0 atom stereocenters. The lowest BCUT2D eigenvalue weighted by atomic mass is 9.91. The summed E-state index contributed by atoms with van der Waals surface area (Å²) >= 11 is 6.66. The smallest absolute Gasteiger partial charge is 0.255 e. The standard InChI is InChI=1S/C24H29ClN6O2/c1-14(2)28-22-20(24(33)30-18-6-4-17(5-7-18)29-15(3)32)13-27-31-21(22)12-19(23(31)25)16-8-10-26-11-9-16/h8-14,17-18,28H,4-7H2,1-3H3,(H,29,32)(H,30,33)/t17-,18-. The van der Waals surface area contributed by atoms with Gasteiger partial charge in [0.1, 0.15) is 5.15 Å². The molecule has 4 rings (SSSR count). The van der Waals surface area contributed by atoms with E-state index in [1.54, 1.807) is 23.1 Å². The van der Waals surface area contributed by atoms with Crippen molar-refractivity contribution in [1.82, 2.24) is 25.2 Å². The third-order valence-electron chi connectivity index (χ3n) is 5.88. The van der Waals surface area contributed by atoms with Crippen molar-refractivity contribution in [3.63, 3.8) is 0 Å². The predicted octanol–water partition coefficient (Wildman–Crippen LogP) is 4.05. The van der Waals surface area contributed by atoms with Crippen LogP contribution in [0.4, 0.5) is 5.69 Å². The van der Waals surface area contributed by atoms with Crippen LogP contribution >= 0.6 is 11.6 Å². The fraction of sp³-hybridized carbons (Fsp3) is 0.417. The summed E-state index contributed by atoms with van der Waals surface area (Å²) < 4.78 is 1.65. The van der Waals surface area contributed by atoms with Crippen molar-refractivity contribution < 1.29 is 9.59 Å². The minimum atomic E-state index is -0.168. The van der Waals surface area contributed by atoms with Crippen molar-refractivity contribution in [2.75, 3.05) is 5.32 Å². The largest absolute Gasteiger partial charge is 0.380 e. The van der Waals surface area contributed by atoms with Gasteiger partial charge in [-0.05, 0) is 63.3 Å². The predicted molar refractivity (Wildman–Crippen MR) is 130 cm³/mol. The molecule has 0 bridgehead atoms. The van der Waals surface area contributed by atoms with Crippen molar-refractivity contribution in [2.24, 2.45) is 0 Å². The Morgan fingerprint density at radius 2 is 1.73 bits per heavy atom. The highest BCUT2D eigenvalue weighted by molar-refractivity contribution is 6.33. The summed E-state index contributed by atoms with van der Waals surface area (Å²) in [6.07, 6.45) is 8.34. The Balaban J connectivity index is 1.62. The van der Waals surface area contributed by atoms with Crippen LogP contribution in [-0.4, -0.2) is 44.5 Å². The Morgan fingerprint density at radius 3 is 2.33 bits per heavy atom. The number of pyridine rings is 1.